The number of morpholine rings is 1. The molecule has 280 valence electrons. The van der Waals surface area contributed by atoms with Crippen molar-refractivity contribution < 1.29 is 38.7 Å². The molecular weight excluding hydrogens is 662 g/mol. The highest BCUT2D eigenvalue weighted by molar-refractivity contribution is 5.80. The Kier molecular flexibility index (Phi) is 13.9. The third-order valence-electron chi connectivity index (χ3n) is 10.3. The summed E-state index contributed by atoms with van der Waals surface area (Å²) in [4.78, 5) is 29.5. The van der Waals surface area contributed by atoms with Crippen LogP contribution in [-0.4, -0.2) is 104 Å². The lowest BCUT2D eigenvalue weighted by Crippen LogP contribution is -2.48. The summed E-state index contributed by atoms with van der Waals surface area (Å²) in [7, 11) is 0. The monoisotopic (exact) mass is 715 g/mol. The van der Waals surface area contributed by atoms with E-state index in [1.807, 2.05) is 78.9 Å². The predicted molar refractivity (Wildman–Crippen MR) is 196 cm³/mol. The van der Waals surface area contributed by atoms with Gasteiger partial charge in [0.05, 0.1) is 43.6 Å². The van der Waals surface area contributed by atoms with Crippen molar-refractivity contribution in [2.45, 2.75) is 75.3 Å². The number of carbonyl (C=O) groups excluding carboxylic acids is 2. The highest BCUT2D eigenvalue weighted by Crippen LogP contribution is 2.32. The Morgan fingerprint density at radius 2 is 1.65 bits per heavy atom. The molecule has 0 radical (unpaired) electrons. The van der Waals surface area contributed by atoms with Gasteiger partial charge in [0.15, 0.2) is 0 Å². The van der Waals surface area contributed by atoms with Crippen molar-refractivity contribution in [3.63, 3.8) is 0 Å². The number of hydrogen-bond donors (Lipinski definition) is 4. The standard InChI is InChI=1S/C41H53N3O8/c45-37(36(25-29-8-2-1-3-9-29)42-41(48)52-28-34-11-6-7-20-50-34)27-32(40(47)43-39-35-12-5-4-10-31(35)26-38(39)46)24-30-13-15-33(16-14-30)51-23-19-44-17-21-49-22-18-44/h1-5,8-10,12-16,32,34,36-39,45-46H,6-7,11,17-28H2,(H,42,48)(H,43,47)/t32-,34?,36+,37+,38-,39+/m1/s1. The summed E-state index contributed by atoms with van der Waals surface area (Å²) in [6.45, 7) is 5.47. The van der Waals surface area contributed by atoms with Gasteiger partial charge in [-0.2, -0.15) is 0 Å². The van der Waals surface area contributed by atoms with E-state index in [0.29, 0.717) is 32.5 Å². The van der Waals surface area contributed by atoms with E-state index in [-0.39, 0.29) is 25.0 Å². The van der Waals surface area contributed by atoms with Crippen molar-refractivity contribution in [1.29, 1.82) is 0 Å². The van der Waals surface area contributed by atoms with E-state index in [2.05, 4.69) is 15.5 Å². The number of aliphatic hydroxyl groups is 2. The van der Waals surface area contributed by atoms with Crippen molar-refractivity contribution >= 4 is 12.0 Å². The largest absolute Gasteiger partial charge is 0.492 e. The first-order chi connectivity index (χ1) is 25.4. The maximum Gasteiger partial charge on any atom is 0.407 e. The van der Waals surface area contributed by atoms with Gasteiger partial charge in [0.25, 0.3) is 0 Å². The maximum atomic E-state index is 14.1. The topological polar surface area (TPSA) is 139 Å². The zero-order valence-electron chi connectivity index (χ0n) is 29.9. The first-order valence-electron chi connectivity index (χ1n) is 18.8. The third kappa shape index (κ3) is 11.0. The van der Waals surface area contributed by atoms with Gasteiger partial charge >= 0.3 is 6.09 Å². The summed E-state index contributed by atoms with van der Waals surface area (Å²) in [5, 5.41) is 28.7. The van der Waals surface area contributed by atoms with Gasteiger partial charge in [-0.25, -0.2) is 4.79 Å². The molecule has 11 heteroatoms. The molecule has 11 nitrogen and oxygen atoms in total. The second-order valence-corrected chi connectivity index (χ2v) is 14.1. The highest BCUT2D eigenvalue weighted by Gasteiger charge is 2.35. The van der Waals surface area contributed by atoms with Crippen LogP contribution in [-0.2, 0) is 38.3 Å². The second kappa shape index (κ2) is 19.2. The molecule has 2 fully saturated rings. The first-order valence-corrected chi connectivity index (χ1v) is 18.8. The van der Waals surface area contributed by atoms with Crippen LogP contribution in [0.4, 0.5) is 4.79 Å². The van der Waals surface area contributed by atoms with Crippen molar-refractivity contribution in [1.82, 2.24) is 15.5 Å². The summed E-state index contributed by atoms with van der Waals surface area (Å²) in [6.07, 6.45) is 1.46. The Morgan fingerprint density at radius 1 is 0.904 bits per heavy atom. The van der Waals surface area contributed by atoms with Crippen LogP contribution in [0.3, 0.4) is 0 Å². The fourth-order valence-electron chi connectivity index (χ4n) is 7.33. The number of carbonyl (C=O) groups is 2. The first kappa shape index (κ1) is 37.7. The average molecular weight is 716 g/mol. The van der Waals surface area contributed by atoms with E-state index >= 15 is 0 Å². The molecule has 2 saturated heterocycles. The molecule has 3 aliphatic rings. The number of nitrogens with one attached hydrogen (secondary N) is 2. The van der Waals surface area contributed by atoms with E-state index in [4.69, 9.17) is 18.9 Å². The van der Waals surface area contributed by atoms with Crippen LogP contribution in [0.5, 0.6) is 5.75 Å². The maximum absolute atomic E-state index is 14.1. The fourth-order valence-corrected chi connectivity index (χ4v) is 7.33. The van der Waals surface area contributed by atoms with Gasteiger partial charge in [0, 0.05) is 38.6 Å². The number of hydrogen-bond acceptors (Lipinski definition) is 9. The van der Waals surface area contributed by atoms with Crippen LogP contribution in [0.15, 0.2) is 78.9 Å². The second-order valence-electron chi connectivity index (χ2n) is 14.1. The van der Waals surface area contributed by atoms with Crippen molar-refractivity contribution in [3.05, 3.63) is 101 Å². The lowest BCUT2D eigenvalue weighted by Gasteiger charge is -2.29. The molecule has 52 heavy (non-hydrogen) atoms. The number of ether oxygens (including phenoxy) is 4. The predicted octanol–water partition coefficient (Wildman–Crippen LogP) is 3.99. The Balaban J connectivity index is 1.14. The van der Waals surface area contributed by atoms with Gasteiger partial charge in [-0.15, -0.1) is 0 Å². The Hall–Kier alpha value is -4.00. The third-order valence-corrected chi connectivity index (χ3v) is 10.3. The fraction of sp³-hybridized carbons (Fsp3) is 0.512. The minimum absolute atomic E-state index is 0.0671. The molecule has 3 aromatic carbocycles. The SMILES string of the molecule is O=C(N[C@@H](Cc1ccccc1)[C@@H](O)C[C@@H](Cc1ccc(OCCN2CCOCC2)cc1)C(=O)N[C@H]1c2ccccc2C[C@H]1O)OCC1CCCCO1. The molecular formula is C41H53N3O8. The minimum atomic E-state index is -1.09. The highest BCUT2D eigenvalue weighted by atomic mass is 16.6. The zero-order valence-corrected chi connectivity index (χ0v) is 29.9. The lowest BCUT2D eigenvalue weighted by molar-refractivity contribution is -0.127. The summed E-state index contributed by atoms with van der Waals surface area (Å²) >= 11 is 0. The van der Waals surface area contributed by atoms with Crippen molar-refractivity contribution in [3.8, 4) is 5.75 Å². The number of fused-ring (bicyclic) bond motifs is 1. The van der Waals surface area contributed by atoms with Crippen LogP contribution in [0.25, 0.3) is 0 Å². The quantitative estimate of drug-likeness (QED) is 0.174. The minimum Gasteiger partial charge on any atom is -0.492 e. The molecule has 1 unspecified atom stereocenters. The van der Waals surface area contributed by atoms with Gasteiger partial charge in [-0.05, 0) is 72.9 Å². The molecule has 1 aliphatic carbocycles. The number of aliphatic hydroxyl groups excluding tert-OH is 2. The number of alkyl carbamates (subject to hydrolysis) is 1. The molecule has 2 amide bonds. The van der Waals surface area contributed by atoms with Gasteiger partial charge in [-0.1, -0.05) is 66.7 Å². The van der Waals surface area contributed by atoms with Gasteiger partial charge < -0.3 is 39.8 Å². The molecule has 0 bridgehead atoms. The molecule has 3 aromatic rings. The summed E-state index contributed by atoms with van der Waals surface area (Å²) in [6, 6.07) is 23.8. The molecule has 6 rings (SSSR count). The molecule has 0 aromatic heterocycles. The van der Waals surface area contributed by atoms with Gasteiger partial charge in [0.1, 0.15) is 19.0 Å². The van der Waals surface area contributed by atoms with Crippen molar-refractivity contribution in [2.24, 2.45) is 5.92 Å². The Morgan fingerprint density at radius 3 is 2.42 bits per heavy atom. The van der Waals surface area contributed by atoms with E-state index in [0.717, 1.165) is 80.1 Å². The number of benzene rings is 3. The van der Waals surface area contributed by atoms with Gasteiger partial charge in [0.2, 0.25) is 5.91 Å². The summed E-state index contributed by atoms with van der Waals surface area (Å²) in [5.74, 6) is -0.205. The molecule has 6 atom stereocenters. The van der Waals surface area contributed by atoms with Crippen LogP contribution >= 0.6 is 0 Å². The zero-order chi connectivity index (χ0) is 36.1. The number of nitrogens with zero attached hydrogens (tertiary/aromatic N) is 1. The summed E-state index contributed by atoms with van der Waals surface area (Å²) < 4.78 is 22.7. The van der Waals surface area contributed by atoms with Crippen LogP contribution in [0.1, 0.15) is 54.0 Å². The van der Waals surface area contributed by atoms with E-state index < -0.39 is 36.3 Å². The van der Waals surface area contributed by atoms with Crippen LogP contribution < -0.4 is 15.4 Å². The molecule has 0 spiro atoms. The van der Waals surface area contributed by atoms with Crippen LogP contribution in [0, 0.1) is 5.92 Å². The van der Waals surface area contributed by atoms with Crippen molar-refractivity contribution in [2.75, 3.05) is 52.7 Å². The smallest absolute Gasteiger partial charge is 0.407 e. The normalized spacial score (nSPS) is 22.1. The lowest BCUT2D eigenvalue weighted by atomic mass is 9.88. The van der Waals surface area contributed by atoms with Crippen LogP contribution in [0.2, 0.25) is 0 Å². The Bertz CT molecular complexity index is 1550. The van der Waals surface area contributed by atoms with Gasteiger partial charge in [-0.3, -0.25) is 9.69 Å². The Labute approximate surface area is 306 Å². The number of amides is 2. The molecule has 2 aliphatic heterocycles. The number of rotatable bonds is 16. The molecule has 4 N–H and O–H groups in total. The molecule has 2 heterocycles. The van der Waals surface area contributed by atoms with E-state index in [9.17, 15) is 19.8 Å². The molecule has 0 saturated carbocycles. The van der Waals surface area contributed by atoms with E-state index in [1.165, 1.54) is 0 Å². The van der Waals surface area contributed by atoms with E-state index in [1.54, 1.807) is 0 Å². The summed E-state index contributed by atoms with van der Waals surface area (Å²) in [5.41, 5.74) is 3.73. The average Bonchev–Trinajstić information content (AvgIpc) is 3.49.